The first kappa shape index (κ1) is 25.9. The molecule has 5 nitrogen and oxygen atoms in total. The van der Waals surface area contributed by atoms with Gasteiger partial charge in [-0.25, -0.2) is 4.98 Å². The summed E-state index contributed by atoms with van der Waals surface area (Å²) < 4.78 is 21.9. The van der Waals surface area contributed by atoms with Gasteiger partial charge in [0.05, 0.1) is 22.2 Å². The lowest BCUT2D eigenvalue weighted by Crippen LogP contribution is -2.44. The highest BCUT2D eigenvalue weighted by atomic mass is 28.4. The number of nitrogens with zero attached hydrogens (tertiary/aromatic N) is 2. The van der Waals surface area contributed by atoms with Crippen LogP contribution in [0.15, 0.2) is 18.2 Å². The van der Waals surface area contributed by atoms with Gasteiger partial charge in [-0.05, 0) is 89.1 Å². The van der Waals surface area contributed by atoms with Gasteiger partial charge < -0.3 is 18.3 Å². The monoisotopic (exact) mass is 484 g/mol. The summed E-state index contributed by atoms with van der Waals surface area (Å²) in [4.78, 5) is 5.00. The van der Waals surface area contributed by atoms with E-state index in [2.05, 4.69) is 91.3 Å². The summed E-state index contributed by atoms with van der Waals surface area (Å²) in [5.41, 5.74) is 2.66. The molecule has 2 fully saturated rings. The fraction of sp³-hybridized carbons (Fsp3) is 0.741. The van der Waals surface area contributed by atoms with Gasteiger partial charge >= 0.3 is 7.12 Å². The van der Waals surface area contributed by atoms with Crippen molar-refractivity contribution in [1.29, 1.82) is 0 Å². The zero-order valence-corrected chi connectivity index (χ0v) is 24.1. The molecule has 0 unspecified atom stereocenters. The summed E-state index contributed by atoms with van der Waals surface area (Å²) in [6.45, 7) is 22.4. The third kappa shape index (κ3) is 4.65. The largest absolute Gasteiger partial charge is 0.494 e. The molecule has 2 aliphatic rings. The van der Waals surface area contributed by atoms with Gasteiger partial charge in [0.1, 0.15) is 5.82 Å². The zero-order chi connectivity index (χ0) is 25.1. The van der Waals surface area contributed by atoms with Crippen LogP contribution in [0.3, 0.4) is 0 Å². The van der Waals surface area contributed by atoms with Crippen LogP contribution in [0.4, 0.5) is 0 Å². The number of imidazole rings is 1. The molecule has 0 radical (unpaired) electrons. The Labute approximate surface area is 208 Å². The Hall–Kier alpha value is -1.15. The van der Waals surface area contributed by atoms with Crippen molar-refractivity contribution < 1.29 is 13.7 Å². The minimum atomic E-state index is -1.74. The number of hydrogen-bond donors (Lipinski definition) is 0. The topological polar surface area (TPSA) is 45.5 Å². The average molecular weight is 485 g/mol. The third-order valence-corrected chi connectivity index (χ3v) is 13.4. The molecule has 1 aliphatic heterocycles. The van der Waals surface area contributed by atoms with E-state index in [1.54, 1.807) is 0 Å². The van der Waals surface area contributed by atoms with Crippen molar-refractivity contribution in [1.82, 2.24) is 9.55 Å². The van der Waals surface area contributed by atoms with Gasteiger partial charge in [-0.3, -0.25) is 0 Å². The summed E-state index contributed by atoms with van der Waals surface area (Å²) in [5.74, 6) is 1.18. The van der Waals surface area contributed by atoms with Crippen LogP contribution in [-0.4, -0.2) is 42.3 Å². The van der Waals surface area contributed by atoms with Crippen molar-refractivity contribution in [2.75, 3.05) is 0 Å². The molecular formula is C27H45BN2O3Si. The molecule has 0 atom stereocenters. The molecule has 1 aromatic carbocycles. The van der Waals surface area contributed by atoms with E-state index in [4.69, 9.17) is 18.7 Å². The van der Waals surface area contributed by atoms with Crippen LogP contribution >= 0.6 is 0 Å². The lowest BCUT2D eigenvalue weighted by molar-refractivity contribution is 0.00578. The second-order valence-electron chi connectivity index (χ2n) is 12.9. The minimum Gasteiger partial charge on any atom is -0.414 e. The van der Waals surface area contributed by atoms with Crippen LogP contribution in [-0.2, 0) is 20.2 Å². The van der Waals surface area contributed by atoms with Gasteiger partial charge in [0.2, 0.25) is 0 Å². The van der Waals surface area contributed by atoms with Crippen molar-refractivity contribution in [3.63, 3.8) is 0 Å². The quantitative estimate of drug-likeness (QED) is 0.461. The molecule has 1 saturated heterocycles. The van der Waals surface area contributed by atoms with Gasteiger partial charge in [0, 0.05) is 18.6 Å². The summed E-state index contributed by atoms with van der Waals surface area (Å²) in [6, 6.07) is 6.97. The van der Waals surface area contributed by atoms with Crippen LogP contribution in [0.25, 0.3) is 11.0 Å². The van der Waals surface area contributed by atoms with Gasteiger partial charge in [-0.2, -0.15) is 0 Å². The predicted octanol–water partition coefficient (Wildman–Crippen LogP) is 6.40. The molecular weight excluding hydrogens is 439 g/mol. The van der Waals surface area contributed by atoms with E-state index in [1.165, 1.54) is 11.3 Å². The van der Waals surface area contributed by atoms with Crippen molar-refractivity contribution in [2.45, 2.75) is 129 Å². The van der Waals surface area contributed by atoms with Crippen molar-refractivity contribution >= 4 is 31.9 Å². The van der Waals surface area contributed by atoms with Crippen molar-refractivity contribution in [3.05, 3.63) is 24.0 Å². The first-order chi connectivity index (χ1) is 15.6. The van der Waals surface area contributed by atoms with Gasteiger partial charge in [0.15, 0.2) is 8.32 Å². The normalized spacial score (nSPS) is 25.3. The number of hydrogen-bond acceptors (Lipinski definition) is 4. The van der Waals surface area contributed by atoms with Gasteiger partial charge in [0.25, 0.3) is 0 Å². The molecule has 4 rings (SSSR count). The molecule has 1 aromatic heterocycles. The van der Waals surface area contributed by atoms with E-state index in [1.807, 2.05) is 0 Å². The number of aryl methyl sites for hydroxylation is 1. The Morgan fingerprint density at radius 1 is 1.06 bits per heavy atom. The Morgan fingerprint density at radius 2 is 1.65 bits per heavy atom. The first-order valence-corrected chi connectivity index (χ1v) is 16.1. The first-order valence-electron chi connectivity index (χ1n) is 13.2. The summed E-state index contributed by atoms with van der Waals surface area (Å²) in [6.07, 6.45) is 5.84. The number of aromatic nitrogens is 2. The highest BCUT2D eigenvalue weighted by Crippen LogP contribution is 2.41. The van der Waals surface area contributed by atoms with Crippen LogP contribution < -0.4 is 5.46 Å². The lowest BCUT2D eigenvalue weighted by Gasteiger charge is -2.41. The lowest BCUT2D eigenvalue weighted by atomic mass is 9.79. The second-order valence-corrected chi connectivity index (χ2v) is 17.7. The van der Waals surface area contributed by atoms with E-state index in [9.17, 15) is 0 Å². The zero-order valence-electron chi connectivity index (χ0n) is 23.1. The number of fused-ring (bicyclic) bond motifs is 1. The molecule has 2 aromatic rings. The fourth-order valence-electron chi connectivity index (χ4n) is 4.96. The SMILES string of the molecule is CCc1nc2ccc(B3OC(C)(C)C(C)(C)O3)cc2n1C1CCC(O[Si](C)(C)C(C)(C)C)CC1. The Morgan fingerprint density at radius 3 is 2.18 bits per heavy atom. The second kappa shape index (κ2) is 8.75. The van der Waals surface area contributed by atoms with Crippen LogP contribution in [0, 0.1) is 0 Å². The van der Waals surface area contributed by atoms with Crippen LogP contribution in [0.1, 0.15) is 92.9 Å². The van der Waals surface area contributed by atoms with Crippen LogP contribution in [0.2, 0.25) is 18.1 Å². The minimum absolute atomic E-state index is 0.254. The summed E-state index contributed by atoms with van der Waals surface area (Å²) >= 11 is 0. The molecule has 34 heavy (non-hydrogen) atoms. The average Bonchev–Trinajstić information content (AvgIpc) is 3.20. The Kier molecular flexibility index (Phi) is 6.68. The van der Waals surface area contributed by atoms with E-state index in [0.717, 1.165) is 43.1 Å². The maximum Gasteiger partial charge on any atom is 0.494 e. The molecule has 0 amide bonds. The van der Waals surface area contributed by atoms with Gasteiger partial charge in [-0.15, -0.1) is 0 Å². The maximum absolute atomic E-state index is 6.76. The molecule has 0 bridgehead atoms. The third-order valence-electron chi connectivity index (χ3n) is 8.90. The van der Waals surface area contributed by atoms with E-state index < -0.39 is 8.32 Å². The van der Waals surface area contributed by atoms with E-state index in [-0.39, 0.29) is 23.4 Å². The van der Waals surface area contributed by atoms with E-state index >= 15 is 0 Å². The molecule has 1 saturated carbocycles. The maximum atomic E-state index is 6.76. The molecule has 188 valence electrons. The Balaban J connectivity index is 1.57. The smallest absolute Gasteiger partial charge is 0.414 e. The van der Waals surface area contributed by atoms with E-state index in [0.29, 0.717) is 12.1 Å². The van der Waals surface area contributed by atoms with Crippen molar-refractivity contribution in [2.24, 2.45) is 0 Å². The Bertz CT molecular complexity index is 1020. The van der Waals surface area contributed by atoms with Crippen LogP contribution in [0.5, 0.6) is 0 Å². The summed E-state index contributed by atoms with van der Waals surface area (Å²) in [7, 11) is -2.09. The number of benzene rings is 1. The summed E-state index contributed by atoms with van der Waals surface area (Å²) in [5, 5.41) is 0.254. The highest BCUT2D eigenvalue weighted by Gasteiger charge is 2.51. The standard InChI is InChI=1S/C27H45BN2O3Si/c1-11-24-29-22-17-12-19(28-32-26(5,6)27(7,8)33-28)18-23(22)30(24)20-13-15-21(16-14-20)31-34(9,10)25(2,3)4/h12,17-18,20-21H,11,13-16H2,1-10H3. The molecule has 0 spiro atoms. The van der Waals surface area contributed by atoms with Crippen molar-refractivity contribution in [3.8, 4) is 0 Å². The molecule has 7 heteroatoms. The molecule has 0 N–H and O–H groups in total. The number of rotatable bonds is 5. The van der Waals surface area contributed by atoms with Gasteiger partial charge in [-0.1, -0.05) is 33.8 Å². The highest BCUT2D eigenvalue weighted by molar-refractivity contribution is 6.74. The fourth-order valence-corrected chi connectivity index (χ4v) is 6.38. The predicted molar refractivity (Wildman–Crippen MR) is 144 cm³/mol. The molecule has 1 aliphatic carbocycles. The molecule has 2 heterocycles.